The van der Waals surface area contributed by atoms with Gasteiger partial charge in [0.25, 0.3) is 0 Å². The normalized spacial score (nSPS) is 19.7. The molecule has 14 heavy (non-hydrogen) atoms. The molecule has 1 rings (SSSR count). The molecule has 1 saturated carbocycles. The summed E-state index contributed by atoms with van der Waals surface area (Å²) in [4.78, 5) is 0. The zero-order chi connectivity index (χ0) is 10.4. The van der Waals surface area contributed by atoms with Gasteiger partial charge in [0, 0.05) is 13.1 Å². The summed E-state index contributed by atoms with van der Waals surface area (Å²) in [6.45, 7) is 9.51. The van der Waals surface area contributed by atoms with Crippen LogP contribution in [0.15, 0.2) is 0 Å². The lowest BCUT2D eigenvalue weighted by Gasteiger charge is -2.41. The molecule has 0 aromatic carbocycles. The summed E-state index contributed by atoms with van der Waals surface area (Å²) in [5.41, 5.74) is 0.637. The first kappa shape index (κ1) is 12.0. The highest BCUT2D eigenvalue weighted by atomic mass is 16.5. The van der Waals surface area contributed by atoms with E-state index in [1.807, 2.05) is 0 Å². The summed E-state index contributed by atoms with van der Waals surface area (Å²) in [5, 5.41) is 3.51. The zero-order valence-electron chi connectivity index (χ0n) is 9.94. The molecule has 1 aliphatic carbocycles. The van der Waals surface area contributed by atoms with Gasteiger partial charge < -0.3 is 10.1 Å². The Balaban J connectivity index is 1.97. The maximum Gasteiger partial charge on any atom is 0.0594 e. The molecule has 0 amide bonds. The van der Waals surface area contributed by atoms with E-state index in [4.69, 9.17) is 4.74 Å². The highest BCUT2D eigenvalue weighted by molar-refractivity contribution is 4.88. The van der Waals surface area contributed by atoms with Crippen molar-refractivity contribution in [1.29, 1.82) is 0 Å². The number of ether oxygens (including phenoxy) is 1. The molecule has 0 bridgehead atoms. The van der Waals surface area contributed by atoms with Gasteiger partial charge in [-0.25, -0.2) is 0 Å². The van der Waals surface area contributed by atoms with Crippen LogP contribution in [0.3, 0.4) is 0 Å². The molecule has 0 radical (unpaired) electrons. The second kappa shape index (κ2) is 5.72. The molecule has 84 valence electrons. The van der Waals surface area contributed by atoms with Gasteiger partial charge in [-0.2, -0.15) is 0 Å². The molecule has 2 nitrogen and oxygen atoms in total. The maximum absolute atomic E-state index is 5.48. The van der Waals surface area contributed by atoms with E-state index < -0.39 is 0 Å². The summed E-state index contributed by atoms with van der Waals surface area (Å²) in [7, 11) is 0. The van der Waals surface area contributed by atoms with Gasteiger partial charge in [0.05, 0.1) is 12.7 Å². The van der Waals surface area contributed by atoms with Crippen LogP contribution in [0.5, 0.6) is 0 Å². The second-order valence-electron chi connectivity index (χ2n) is 4.80. The molecule has 0 atom stereocenters. The van der Waals surface area contributed by atoms with Crippen molar-refractivity contribution in [2.45, 2.75) is 52.6 Å². The summed E-state index contributed by atoms with van der Waals surface area (Å²) >= 11 is 0. The van der Waals surface area contributed by atoms with Gasteiger partial charge in [-0.1, -0.05) is 13.3 Å². The second-order valence-corrected chi connectivity index (χ2v) is 4.80. The van der Waals surface area contributed by atoms with E-state index in [9.17, 15) is 0 Å². The van der Waals surface area contributed by atoms with Crippen LogP contribution < -0.4 is 5.32 Å². The number of hydrogen-bond donors (Lipinski definition) is 1. The molecule has 1 fully saturated rings. The third-order valence-electron chi connectivity index (χ3n) is 3.39. The van der Waals surface area contributed by atoms with Crippen molar-refractivity contribution in [3.8, 4) is 0 Å². The summed E-state index contributed by atoms with van der Waals surface area (Å²) in [5.74, 6) is 0. The fourth-order valence-corrected chi connectivity index (χ4v) is 2.05. The van der Waals surface area contributed by atoms with Gasteiger partial charge in [-0.3, -0.25) is 0 Å². The Labute approximate surface area is 88.4 Å². The Morgan fingerprint density at radius 3 is 2.50 bits per heavy atom. The van der Waals surface area contributed by atoms with Gasteiger partial charge >= 0.3 is 0 Å². The van der Waals surface area contributed by atoms with Crippen molar-refractivity contribution in [3.05, 3.63) is 0 Å². The Hall–Kier alpha value is -0.0800. The van der Waals surface area contributed by atoms with Gasteiger partial charge in [0.2, 0.25) is 0 Å². The van der Waals surface area contributed by atoms with Crippen molar-refractivity contribution in [2.75, 3.05) is 19.7 Å². The number of nitrogens with one attached hydrogen (secondary N) is 1. The van der Waals surface area contributed by atoms with Gasteiger partial charge in [0.15, 0.2) is 0 Å². The van der Waals surface area contributed by atoms with Crippen molar-refractivity contribution >= 4 is 0 Å². The maximum atomic E-state index is 5.48. The summed E-state index contributed by atoms with van der Waals surface area (Å²) in [6.07, 6.45) is 5.95. The molecule has 0 heterocycles. The van der Waals surface area contributed by atoms with E-state index in [0.717, 1.165) is 13.2 Å². The van der Waals surface area contributed by atoms with Crippen LogP contribution in [0, 0.1) is 5.41 Å². The number of rotatable bonds is 7. The van der Waals surface area contributed by atoms with Gasteiger partial charge in [-0.05, 0) is 38.5 Å². The van der Waals surface area contributed by atoms with E-state index in [-0.39, 0.29) is 0 Å². The molecule has 0 aromatic heterocycles. The molecule has 0 saturated heterocycles. The first-order chi connectivity index (χ1) is 6.68. The molecule has 0 aliphatic heterocycles. The van der Waals surface area contributed by atoms with Crippen LogP contribution in [-0.2, 0) is 4.74 Å². The number of hydrogen-bond acceptors (Lipinski definition) is 2. The fraction of sp³-hybridized carbons (Fsp3) is 1.00. The summed E-state index contributed by atoms with van der Waals surface area (Å²) in [6, 6.07) is 0. The standard InChI is InChI=1S/C12H25NO/c1-4-12(6-5-7-12)10-13-8-9-14-11(2)3/h11,13H,4-10H2,1-3H3. The SMILES string of the molecule is CCC1(CNCCOC(C)C)CCC1. The van der Waals surface area contributed by atoms with Gasteiger partial charge in [-0.15, -0.1) is 0 Å². The van der Waals surface area contributed by atoms with Crippen molar-refractivity contribution < 1.29 is 4.74 Å². The Bertz CT molecular complexity index is 147. The molecule has 2 heteroatoms. The first-order valence-electron chi connectivity index (χ1n) is 6.01. The van der Waals surface area contributed by atoms with E-state index >= 15 is 0 Å². The highest BCUT2D eigenvalue weighted by Gasteiger charge is 2.34. The smallest absolute Gasteiger partial charge is 0.0594 e. The monoisotopic (exact) mass is 199 g/mol. The van der Waals surface area contributed by atoms with Crippen LogP contribution in [0.2, 0.25) is 0 Å². The fourth-order valence-electron chi connectivity index (χ4n) is 2.05. The molecular weight excluding hydrogens is 174 g/mol. The van der Waals surface area contributed by atoms with Crippen molar-refractivity contribution in [3.63, 3.8) is 0 Å². The minimum absolute atomic E-state index is 0.362. The lowest BCUT2D eigenvalue weighted by atomic mass is 9.67. The topological polar surface area (TPSA) is 21.3 Å². The van der Waals surface area contributed by atoms with Crippen LogP contribution in [0.1, 0.15) is 46.5 Å². The third kappa shape index (κ3) is 3.58. The molecule has 1 N–H and O–H groups in total. The molecule has 1 aliphatic rings. The van der Waals surface area contributed by atoms with Crippen LogP contribution in [-0.4, -0.2) is 25.8 Å². The lowest BCUT2D eigenvalue weighted by Crippen LogP contribution is -2.40. The van der Waals surface area contributed by atoms with E-state index in [1.54, 1.807) is 0 Å². The zero-order valence-corrected chi connectivity index (χ0v) is 9.94. The first-order valence-corrected chi connectivity index (χ1v) is 6.01. The Morgan fingerprint density at radius 1 is 1.36 bits per heavy atom. The van der Waals surface area contributed by atoms with Crippen molar-refractivity contribution in [1.82, 2.24) is 5.32 Å². The minimum Gasteiger partial charge on any atom is -0.377 e. The van der Waals surface area contributed by atoms with E-state index in [2.05, 4.69) is 26.1 Å². The Kier molecular flexibility index (Phi) is 4.90. The quantitative estimate of drug-likeness (QED) is 0.636. The predicted octanol–water partition coefficient (Wildman–Crippen LogP) is 2.58. The molecule has 0 unspecified atom stereocenters. The van der Waals surface area contributed by atoms with E-state index in [1.165, 1.54) is 32.2 Å². The van der Waals surface area contributed by atoms with E-state index in [0.29, 0.717) is 11.5 Å². The molecule has 0 spiro atoms. The molecular formula is C12H25NO. The molecule has 0 aromatic rings. The summed E-state index contributed by atoms with van der Waals surface area (Å²) < 4.78 is 5.48. The average Bonchev–Trinajstić information content (AvgIpc) is 2.08. The van der Waals surface area contributed by atoms with Crippen LogP contribution >= 0.6 is 0 Å². The van der Waals surface area contributed by atoms with Crippen molar-refractivity contribution in [2.24, 2.45) is 5.41 Å². The van der Waals surface area contributed by atoms with Crippen LogP contribution in [0.4, 0.5) is 0 Å². The lowest BCUT2D eigenvalue weighted by molar-refractivity contribution is 0.0729. The van der Waals surface area contributed by atoms with Crippen LogP contribution in [0.25, 0.3) is 0 Å². The average molecular weight is 199 g/mol. The third-order valence-corrected chi connectivity index (χ3v) is 3.39. The predicted molar refractivity (Wildman–Crippen MR) is 60.5 cm³/mol. The largest absolute Gasteiger partial charge is 0.377 e. The minimum atomic E-state index is 0.362. The van der Waals surface area contributed by atoms with Gasteiger partial charge in [0.1, 0.15) is 0 Å². The highest BCUT2D eigenvalue weighted by Crippen LogP contribution is 2.42. The Morgan fingerprint density at radius 2 is 2.07 bits per heavy atom.